The van der Waals surface area contributed by atoms with Gasteiger partial charge in [0.15, 0.2) is 11.6 Å². The summed E-state index contributed by atoms with van der Waals surface area (Å²) in [5.41, 5.74) is 0.597. The van der Waals surface area contributed by atoms with Crippen LogP contribution >= 0.6 is 0 Å². The molecule has 5 nitrogen and oxygen atoms in total. The van der Waals surface area contributed by atoms with E-state index in [1.165, 1.54) is 13.2 Å². The molecule has 1 heterocycles. The van der Waals surface area contributed by atoms with E-state index in [1.807, 2.05) is 6.92 Å². The number of methoxy groups -OCH3 is 1. The number of anilines is 3. The number of aromatic nitrogens is 2. The lowest BCUT2D eigenvalue weighted by atomic mass is 10.3. The summed E-state index contributed by atoms with van der Waals surface area (Å²) >= 11 is 0. The highest BCUT2D eigenvalue weighted by Gasteiger charge is 2.04. The monoisotopic (exact) mass is 262 g/mol. The maximum atomic E-state index is 13.5. The molecule has 0 unspecified atom stereocenters. The number of rotatable bonds is 5. The van der Waals surface area contributed by atoms with E-state index in [1.54, 1.807) is 24.4 Å². The topological polar surface area (TPSA) is 59.1 Å². The third kappa shape index (κ3) is 3.31. The van der Waals surface area contributed by atoms with Crippen LogP contribution in [0.5, 0.6) is 5.75 Å². The van der Waals surface area contributed by atoms with Gasteiger partial charge in [0.25, 0.3) is 0 Å². The van der Waals surface area contributed by atoms with Crippen LogP contribution in [0, 0.1) is 5.82 Å². The zero-order chi connectivity index (χ0) is 13.7. The minimum atomic E-state index is -0.423. The molecule has 0 amide bonds. The number of benzene rings is 1. The van der Waals surface area contributed by atoms with E-state index < -0.39 is 5.82 Å². The fraction of sp³-hybridized carbons (Fsp3) is 0.231. The molecule has 6 heteroatoms. The third-order valence-electron chi connectivity index (χ3n) is 2.41. The predicted octanol–water partition coefficient (Wildman–Crippen LogP) is 2.80. The first-order chi connectivity index (χ1) is 9.22. The van der Waals surface area contributed by atoms with E-state index in [0.717, 1.165) is 6.54 Å². The second-order valence-electron chi connectivity index (χ2n) is 3.77. The number of halogens is 1. The van der Waals surface area contributed by atoms with Crippen LogP contribution in [0.1, 0.15) is 6.92 Å². The fourth-order valence-corrected chi connectivity index (χ4v) is 1.56. The van der Waals surface area contributed by atoms with Gasteiger partial charge in [-0.25, -0.2) is 9.37 Å². The van der Waals surface area contributed by atoms with Crippen molar-refractivity contribution in [1.29, 1.82) is 0 Å². The highest BCUT2D eigenvalue weighted by atomic mass is 19.1. The maximum absolute atomic E-state index is 13.5. The molecule has 2 N–H and O–H groups in total. The second-order valence-corrected chi connectivity index (χ2v) is 3.77. The van der Waals surface area contributed by atoms with Gasteiger partial charge in [0.2, 0.25) is 5.95 Å². The van der Waals surface area contributed by atoms with Gasteiger partial charge in [0.1, 0.15) is 5.82 Å². The molecule has 0 bridgehead atoms. The lowest BCUT2D eigenvalue weighted by molar-refractivity contribution is 0.386. The number of nitrogens with one attached hydrogen (secondary N) is 2. The summed E-state index contributed by atoms with van der Waals surface area (Å²) in [6.07, 6.45) is 1.63. The van der Waals surface area contributed by atoms with Gasteiger partial charge in [-0.15, -0.1) is 0 Å². The van der Waals surface area contributed by atoms with E-state index in [0.29, 0.717) is 17.5 Å². The first-order valence-corrected chi connectivity index (χ1v) is 5.90. The molecule has 0 saturated heterocycles. The van der Waals surface area contributed by atoms with Crippen molar-refractivity contribution >= 4 is 17.5 Å². The smallest absolute Gasteiger partial charge is 0.224 e. The lowest BCUT2D eigenvalue weighted by Crippen LogP contribution is -2.03. The van der Waals surface area contributed by atoms with Crippen molar-refractivity contribution in [3.8, 4) is 5.75 Å². The van der Waals surface area contributed by atoms with Crippen LogP contribution in [0.25, 0.3) is 0 Å². The van der Waals surface area contributed by atoms with E-state index in [4.69, 9.17) is 4.74 Å². The quantitative estimate of drug-likeness (QED) is 0.867. The van der Waals surface area contributed by atoms with Crippen LogP contribution in [0.4, 0.5) is 21.8 Å². The Balaban J connectivity index is 2.16. The van der Waals surface area contributed by atoms with Crippen molar-refractivity contribution in [2.45, 2.75) is 6.92 Å². The van der Waals surface area contributed by atoms with Crippen molar-refractivity contribution in [3.63, 3.8) is 0 Å². The van der Waals surface area contributed by atoms with E-state index >= 15 is 0 Å². The minimum Gasteiger partial charge on any atom is -0.494 e. The van der Waals surface area contributed by atoms with Crippen LogP contribution in [0.2, 0.25) is 0 Å². The van der Waals surface area contributed by atoms with Crippen molar-refractivity contribution in [2.24, 2.45) is 0 Å². The molecule has 0 aliphatic rings. The van der Waals surface area contributed by atoms with Gasteiger partial charge in [0, 0.05) is 24.5 Å². The first-order valence-electron chi connectivity index (χ1n) is 5.90. The second kappa shape index (κ2) is 5.99. The highest BCUT2D eigenvalue weighted by Crippen LogP contribution is 2.22. The number of nitrogens with zero attached hydrogens (tertiary/aromatic N) is 2. The summed E-state index contributed by atoms with van der Waals surface area (Å²) in [6.45, 7) is 2.70. The van der Waals surface area contributed by atoms with Crippen molar-refractivity contribution in [1.82, 2.24) is 9.97 Å². The Morgan fingerprint density at radius 3 is 2.84 bits per heavy atom. The summed E-state index contributed by atoms with van der Waals surface area (Å²) < 4.78 is 18.4. The number of hydrogen-bond acceptors (Lipinski definition) is 5. The summed E-state index contributed by atoms with van der Waals surface area (Å²) in [4.78, 5) is 8.30. The average molecular weight is 262 g/mol. The van der Waals surface area contributed by atoms with Crippen LogP contribution in [-0.4, -0.2) is 23.6 Å². The van der Waals surface area contributed by atoms with Gasteiger partial charge < -0.3 is 15.4 Å². The molecular formula is C13H15FN4O. The van der Waals surface area contributed by atoms with Crippen LogP contribution in [0.3, 0.4) is 0 Å². The molecule has 0 aliphatic carbocycles. The number of ether oxygens (including phenoxy) is 1. The van der Waals surface area contributed by atoms with Crippen molar-refractivity contribution in [2.75, 3.05) is 24.3 Å². The zero-order valence-corrected chi connectivity index (χ0v) is 10.8. The zero-order valence-electron chi connectivity index (χ0n) is 10.8. The molecule has 100 valence electrons. The normalized spacial score (nSPS) is 10.1. The minimum absolute atomic E-state index is 0.210. The summed E-state index contributed by atoms with van der Waals surface area (Å²) in [5, 5.41) is 6.02. The molecule has 0 spiro atoms. The molecule has 1 aromatic heterocycles. The first kappa shape index (κ1) is 13.1. The highest BCUT2D eigenvalue weighted by molar-refractivity contribution is 5.58. The third-order valence-corrected chi connectivity index (χ3v) is 2.41. The maximum Gasteiger partial charge on any atom is 0.224 e. The summed E-state index contributed by atoms with van der Waals surface area (Å²) in [6, 6.07) is 6.35. The fourth-order valence-electron chi connectivity index (χ4n) is 1.56. The molecule has 0 radical (unpaired) electrons. The standard InChI is InChI=1S/C13H15FN4O/c1-3-15-13-16-7-6-12(18-13)17-9-4-5-11(19-2)10(14)8-9/h4-8H,3H2,1-2H3,(H2,15,16,17,18). The molecule has 2 rings (SSSR count). The molecule has 0 atom stereocenters. The Morgan fingerprint density at radius 1 is 1.32 bits per heavy atom. The Morgan fingerprint density at radius 2 is 2.16 bits per heavy atom. The lowest BCUT2D eigenvalue weighted by Gasteiger charge is -2.08. The molecule has 2 aromatic rings. The molecular weight excluding hydrogens is 247 g/mol. The van der Waals surface area contributed by atoms with Gasteiger partial charge in [-0.1, -0.05) is 0 Å². The molecule has 1 aromatic carbocycles. The van der Waals surface area contributed by atoms with E-state index in [9.17, 15) is 4.39 Å². The van der Waals surface area contributed by atoms with E-state index in [2.05, 4.69) is 20.6 Å². The Labute approximate surface area is 110 Å². The number of hydrogen-bond donors (Lipinski definition) is 2. The summed E-state index contributed by atoms with van der Waals surface area (Å²) in [5.74, 6) is 0.909. The van der Waals surface area contributed by atoms with Crippen molar-refractivity contribution in [3.05, 3.63) is 36.3 Å². The van der Waals surface area contributed by atoms with Crippen LogP contribution in [-0.2, 0) is 0 Å². The Bertz CT molecular complexity index is 562. The van der Waals surface area contributed by atoms with Gasteiger partial charge in [-0.3, -0.25) is 0 Å². The van der Waals surface area contributed by atoms with Crippen LogP contribution < -0.4 is 15.4 Å². The predicted molar refractivity (Wildman–Crippen MR) is 72.4 cm³/mol. The average Bonchev–Trinajstić information content (AvgIpc) is 2.40. The SMILES string of the molecule is CCNc1nccc(Nc2ccc(OC)c(F)c2)n1. The van der Waals surface area contributed by atoms with Gasteiger partial charge in [0.05, 0.1) is 7.11 Å². The van der Waals surface area contributed by atoms with Crippen LogP contribution in [0.15, 0.2) is 30.5 Å². The van der Waals surface area contributed by atoms with Gasteiger partial charge >= 0.3 is 0 Å². The largest absolute Gasteiger partial charge is 0.494 e. The molecule has 0 aliphatic heterocycles. The Kier molecular flexibility index (Phi) is 4.12. The molecule has 0 saturated carbocycles. The molecule has 0 fully saturated rings. The Hall–Kier alpha value is -2.37. The molecule has 19 heavy (non-hydrogen) atoms. The van der Waals surface area contributed by atoms with Gasteiger partial charge in [-0.05, 0) is 25.1 Å². The van der Waals surface area contributed by atoms with Gasteiger partial charge in [-0.2, -0.15) is 4.98 Å². The van der Waals surface area contributed by atoms with Crippen molar-refractivity contribution < 1.29 is 9.13 Å². The van der Waals surface area contributed by atoms with E-state index in [-0.39, 0.29) is 5.75 Å². The summed E-state index contributed by atoms with van der Waals surface area (Å²) in [7, 11) is 1.43.